The lowest BCUT2D eigenvalue weighted by atomic mass is 9.99. The minimum absolute atomic E-state index is 0.0107. The molecular weight excluding hydrogens is 637 g/mol. The van der Waals surface area contributed by atoms with Crippen molar-refractivity contribution in [2.45, 2.75) is 0 Å². The molecule has 0 amide bonds. The monoisotopic (exact) mass is 689 g/mol. The number of rotatable bonds is 4. The lowest BCUT2D eigenvalue weighted by molar-refractivity contribution is 1.18. The van der Waals surface area contributed by atoms with E-state index in [-0.39, 0.29) is 75.4 Å². The van der Waals surface area contributed by atoms with E-state index in [1.54, 1.807) is 30.3 Å². The zero-order chi connectivity index (χ0) is 53.5. The van der Waals surface area contributed by atoms with Crippen molar-refractivity contribution < 1.29 is 31.5 Å². The van der Waals surface area contributed by atoms with Gasteiger partial charge < -0.3 is 9.13 Å². The van der Waals surface area contributed by atoms with Gasteiger partial charge in [-0.15, -0.1) is 11.3 Å². The van der Waals surface area contributed by atoms with Crippen molar-refractivity contribution in [3.8, 4) is 33.6 Å². The van der Waals surface area contributed by atoms with E-state index in [9.17, 15) is 13.7 Å². The molecule has 0 fully saturated rings. The molecule has 0 spiro atoms. The molecule has 0 radical (unpaired) electrons. The van der Waals surface area contributed by atoms with Crippen LogP contribution < -0.4 is 0 Å². The highest BCUT2D eigenvalue weighted by molar-refractivity contribution is 7.26. The topological polar surface area (TPSA) is 9.86 Å². The summed E-state index contributed by atoms with van der Waals surface area (Å²) in [7, 11) is 0. The Kier molecular flexibility index (Phi) is 3.05. The van der Waals surface area contributed by atoms with E-state index in [0.717, 1.165) is 28.0 Å². The lowest BCUT2D eigenvalue weighted by Crippen LogP contribution is -1.94. The van der Waals surface area contributed by atoms with Crippen LogP contribution in [0.1, 0.15) is 31.5 Å². The van der Waals surface area contributed by atoms with Crippen LogP contribution in [0.15, 0.2) is 181 Å². The average Bonchev–Trinajstić information content (AvgIpc) is 4.08. The second kappa shape index (κ2) is 11.0. The molecule has 8 aromatic carbocycles. The number of nitrogens with zero attached hydrogens (tertiary/aromatic N) is 2. The normalized spacial score (nSPS) is 18.2. The molecule has 51 heavy (non-hydrogen) atoms. The van der Waals surface area contributed by atoms with E-state index in [1.165, 1.54) is 4.57 Å². The molecule has 0 N–H and O–H groups in total. The largest absolute Gasteiger partial charge is 0.309 e. The van der Waals surface area contributed by atoms with Gasteiger partial charge in [0.15, 0.2) is 0 Å². The predicted octanol–water partition coefficient (Wildman–Crippen LogP) is 13.6. The molecule has 3 aromatic heterocycles. The van der Waals surface area contributed by atoms with Crippen LogP contribution in [0.25, 0.3) is 97.4 Å². The molecule has 238 valence electrons. The molecule has 2 nitrogen and oxygen atoms in total. The first-order valence-corrected chi connectivity index (χ1v) is 16.4. The number of aromatic nitrogens is 2. The van der Waals surface area contributed by atoms with Crippen LogP contribution in [0.4, 0.5) is 0 Å². The summed E-state index contributed by atoms with van der Waals surface area (Å²) >= 11 is 0.768. The Labute approximate surface area is 331 Å². The second-order valence-corrected chi connectivity index (χ2v) is 12.6. The number of benzene rings is 8. The van der Waals surface area contributed by atoms with Crippen molar-refractivity contribution in [1.29, 1.82) is 0 Å². The summed E-state index contributed by atoms with van der Waals surface area (Å²) in [6.07, 6.45) is 0. The molecule has 0 saturated heterocycles. The summed E-state index contributed by atoms with van der Waals surface area (Å²) in [5.74, 6) is 0. The summed E-state index contributed by atoms with van der Waals surface area (Å²) in [6.45, 7) is 0. The molecule has 0 unspecified atom stereocenters. The van der Waals surface area contributed by atoms with Gasteiger partial charge in [-0.1, -0.05) is 127 Å². The van der Waals surface area contributed by atoms with E-state index in [4.69, 9.17) is 17.8 Å². The molecule has 0 aliphatic heterocycles. The highest BCUT2D eigenvalue weighted by atomic mass is 32.1. The zero-order valence-electron chi connectivity index (χ0n) is 48.8. The fourth-order valence-electron chi connectivity index (χ4n) is 6.65. The van der Waals surface area contributed by atoms with Gasteiger partial charge >= 0.3 is 0 Å². The van der Waals surface area contributed by atoms with Crippen molar-refractivity contribution in [1.82, 2.24) is 9.13 Å². The fraction of sp³-hybridized carbons (Fsp3) is 0. The van der Waals surface area contributed by atoms with Crippen molar-refractivity contribution in [2.75, 3.05) is 0 Å². The Morgan fingerprint density at radius 2 is 1.14 bits per heavy atom. The van der Waals surface area contributed by atoms with Gasteiger partial charge in [0, 0.05) is 42.7 Å². The first kappa shape index (κ1) is 14.1. The van der Waals surface area contributed by atoms with Crippen LogP contribution in [0.3, 0.4) is 0 Å². The van der Waals surface area contributed by atoms with Gasteiger partial charge in [-0.3, -0.25) is 0 Å². The summed E-state index contributed by atoms with van der Waals surface area (Å²) in [4.78, 5) is 0. The van der Waals surface area contributed by atoms with Crippen molar-refractivity contribution in [3.05, 3.63) is 181 Å². The molecule has 0 atom stereocenters. The minimum Gasteiger partial charge on any atom is -0.309 e. The van der Waals surface area contributed by atoms with Gasteiger partial charge in [-0.25, -0.2) is 0 Å². The molecule has 0 aliphatic rings. The predicted molar refractivity (Wildman–Crippen MR) is 219 cm³/mol. The Morgan fingerprint density at radius 3 is 2.02 bits per heavy atom. The van der Waals surface area contributed by atoms with Crippen molar-refractivity contribution in [3.63, 3.8) is 0 Å². The van der Waals surface area contributed by atoms with E-state index in [0.29, 0.717) is 0 Å². The first-order chi connectivity index (χ1) is 34.9. The Balaban J connectivity index is 1.33. The molecule has 3 heteroatoms. The highest BCUT2D eigenvalue weighted by Gasteiger charge is 2.19. The Morgan fingerprint density at radius 1 is 0.431 bits per heavy atom. The molecular formula is C48H30N2S. The number of thiophene rings is 1. The Bertz CT molecular complexity index is 4460. The summed E-state index contributed by atoms with van der Waals surface area (Å²) in [5, 5.41) is -1.40. The maximum Gasteiger partial charge on any atom is 0.0652 e. The second-order valence-electron chi connectivity index (χ2n) is 11.5. The summed E-state index contributed by atoms with van der Waals surface area (Å²) in [6, 6.07) is -4.49. The van der Waals surface area contributed by atoms with Crippen LogP contribution in [0, 0.1) is 0 Å². The van der Waals surface area contributed by atoms with Crippen LogP contribution in [0.5, 0.6) is 0 Å². The first-order valence-electron chi connectivity index (χ1n) is 27.1. The van der Waals surface area contributed by atoms with Gasteiger partial charge in [0.1, 0.15) is 0 Å². The number of para-hydroxylation sites is 3. The van der Waals surface area contributed by atoms with Gasteiger partial charge in [0.05, 0.1) is 64.0 Å². The summed E-state index contributed by atoms with van der Waals surface area (Å²) in [5.41, 5.74) is -2.62. The molecule has 11 aromatic rings. The molecule has 3 heterocycles. The third-order valence-electron chi connectivity index (χ3n) is 8.80. The molecule has 0 saturated carbocycles. The standard InChI is InChI=1S/C48H30N2S/c1-3-13-31(14-4-1)35-19-12-24-46-47(35)39-20-11-23-44(48(39)51-46)50-42-22-10-8-18-37(42)40-29-32(26-28-43(40)50)33-25-27-38-36-17-7-9-21-41(36)49(45(38)30-33)34-15-5-2-6-16-34/h1-30H/i1D,3D,4D,7D,8D,9D,10D,11D,12D,13D,17D,18D,19D,20D,21D,22D,24D,25D,26D,27D,28D,29D,30D. The van der Waals surface area contributed by atoms with E-state index < -0.39 is 161 Å². The van der Waals surface area contributed by atoms with Gasteiger partial charge in [0.25, 0.3) is 0 Å². The molecule has 11 rings (SSSR count). The van der Waals surface area contributed by atoms with Crippen LogP contribution >= 0.6 is 11.3 Å². The zero-order valence-corrected chi connectivity index (χ0v) is 26.7. The van der Waals surface area contributed by atoms with E-state index >= 15 is 0 Å². The SMILES string of the molecule is [2H]c1cc(-c2c([2H])c([2H])c([2H])c3sc4c(-n5c6c([2H])c([2H])c([2H])c([2H])c6c6c([2H])c(-c7c([2H])c([2H])c8c9c([2H])c([2H])c([2H])c([2H])c9n(-c9ccccc9)c8c7[2H])c([2H])c([2H])c65)cc([2H])c([2H])c4c23)c([2H])c([2H])c1[2H]. The highest BCUT2D eigenvalue weighted by Crippen LogP contribution is 2.44. The maximum absolute atomic E-state index is 9.97. The van der Waals surface area contributed by atoms with Gasteiger partial charge in [0.2, 0.25) is 0 Å². The quantitative estimate of drug-likeness (QED) is 0.174. The summed E-state index contributed by atoms with van der Waals surface area (Å²) < 4.78 is 211. The molecule has 0 aliphatic carbocycles. The fourth-order valence-corrected chi connectivity index (χ4v) is 7.77. The number of fused-ring (bicyclic) bond motifs is 9. The lowest BCUT2D eigenvalue weighted by Gasteiger charge is -2.11. The molecule has 0 bridgehead atoms. The average molecular weight is 690 g/mol. The third-order valence-corrected chi connectivity index (χ3v) is 9.93. The van der Waals surface area contributed by atoms with Crippen LogP contribution in [-0.2, 0) is 0 Å². The van der Waals surface area contributed by atoms with Gasteiger partial charge in [-0.2, -0.15) is 0 Å². The Hall–Kier alpha value is -6.42. The van der Waals surface area contributed by atoms with Crippen LogP contribution in [-0.4, -0.2) is 9.13 Å². The van der Waals surface area contributed by atoms with Crippen LogP contribution in [0.2, 0.25) is 0 Å². The number of hydrogen-bond donors (Lipinski definition) is 0. The van der Waals surface area contributed by atoms with Crippen molar-refractivity contribution >= 4 is 75.1 Å². The van der Waals surface area contributed by atoms with Crippen molar-refractivity contribution in [2.24, 2.45) is 0 Å². The van der Waals surface area contributed by atoms with E-state index in [2.05, 4.69) is 0 Å². The third kappa shape index (κ3) is 4.22. The smallest absolute Gasteiger partial charge is 0.0652 e. The minimum atomic E-state index is -0.823. The van der Waals surface area contributed by atoms with E-state index in [1.807, 2.05) is 0 Å². The number of hydrogen-bond acceptors (Lipinski definition) is 1. The maximum atomic E-state index is 9.97. The van der Waals surface area contributed by atoms with Gasteiger partial charge in [-0.05, 0) is 76.7 Å².